The van der Waals surface area contributed by atoms with Crippen LogP contribution in [0.5, 0.6) is 0 Å². The maximum Gasteiger partial charge on any atom is 0.262 e. The fourth-order valence-electron chi connectivity index (χ4n) is 3.47. The highest BCUT2D eigenvalue weighted by molar-refractivity contribution is 7.99. The summed E-state index contributed by atoms with van der Waals surface area (Å²) in [4.78, 5) is 22.5. The van der Waals surface area contributed by atoms with Crippen LogP contribution in [0.4, 0.5) is 0 Å². The van der Waals surface area contributed by atoms with Crippen molar-refractivity contribution >= 4 is 22.7 Å². The summed E-state index contributed by atoms with van der Waals surface area (Å²) in [6.07, 6.45) is 4.98. The minimum absolute atomic E-state index is 0.0324. The molecule has 0 N–H and O–H groups in total. The zero-order chi connectivity index (χ0) is 20.2. The normalized spacial score (nSPS) is 17.8. The number of hydrogen-bond acceptors (Lipinski definition) is 7. The van der Waals surface area contributed by atoms with Gasteiger partial charge in [-0.25, -0.2) is 4.98 Å². The predicted octanol–water partition coefficient (Wildman–Crippen LogP) is 4.15. The van der Waals surface area contributed by atoms with E-state index < -0.39 is 0 Å². The molecule has 154 valence electrons. The van der Waals surface area contributed by atoms with Crippen LogP contribution in [0.15, 0.2) is 38.7 Å². The zero-order valence-electron chi connectivity index (χ0n) is 16.8. The van der Waals surface area contributed by atoms with Crippen LogP contribution < -0.4 is 5.56 Å². The molecule has 7 nitrogen and oxygen atoms in total. The summed E-state index contributed by atoms with van der Waals surface area (Å²) in [5.41, 5.74) is 0.667. The Morgan fingerprint density at radius 2 is 2.17 bits per heavy atom. The van der Waals surface area contributed by atoms with Gasteiger partial charge in [0.2, 0.25) is 5.89 Å². The van der Waals surface area contributed by atoms with E-state index in [-0.39, 0.29) is 16.9 Å². The third-order valence-electron chi connectivity index (χ3n) is 5.10. The number of benzene rings is 1. The SMILES string of the molecule is CCCCc1noc([C@H](C)Sc2nc3ccccc3c(=O)n2C[C@H]2CCCO2)n1. The zero-order valence-corrected chi connectivity index (χ0v) is 17.7. The summed E-state index contributed by atoms with van der Waals surface area (Å²) in [6.45, 7) is 5.40. The molecule has 2 atom stereocenters. The number of nitrogens with zero attached hydrogens (tertiary/aromatic N) is 4. The Morgan fingerprint density at radius 1 is 1.31 bits per heavy atom. The minimum atomic E-state index is -0.110. The van der Waals surface area contributed by atoms with Crippen LogP contribution in [0.3, 0.4) is 0 Å². The highest BCUT2D eigenvalue weighted by Crippen LogP contribution is 2.33. The van der Waals surface area contributed by atoms with Crippen LogP contribution >= 0.6 is 11.8 Å². The van der Waals surface area contributed by atoms with E-state index in [0.29, 0.717) is 28.5 Å². The highest BCUT2D eigenvalue weighted by atomic mass is 32.2. The smallest absolute Gasteiger partial charge is 0.262 e. The van der Waals surface area contributed by atoms with Crippen molar-refractivity contribution in [2.24, 2.45) is 0 Å². The fourth-order valence-corrected chi connectivity index (χ4v) is 4.42. The van der Waals surface area contributed by atoms with E-state index in [4.69, 9.17) is 14.2 Å². The first-order valence-corrected chi connectivity index (χ1v) is 11.1. The van der Waals surface area contributed by atoms with E-state index in [9.17, 15) is 4.79 Å². The van der Waals surface area contributed by atoms with E-state index in [2.05, 4.69) is 17.1 Å². The number of unbranched alkanes of at least 4 members (excludes halogenated alkanes) is 1. The number of para-hydroxylation sites is 1. The first kappa shape index (κ1) is 20.1. The summed E-state index contributed by atoms with van der Waals surface area (Å²) >= 11 is 1.47. The highest BCUT2D eigenvalue weighted by Gasteiger charge is 2.23. The number of rotatable bonds is 8. The summed E-state index contributed by atoms with van der Waals surface area (Å²) in [7, 11) is 0. The molecular weight excluding hydrogens is 388 g/mol. The summed E-state index contributed by atoms with van der Waals surface area (Å²) < 4.78 is 13.0. The fraction of sp³-hybridized carbons (Fsp3) is 0.524. The number of hydrogen-bond donors (Lipinski definition) is 0. The molecule has 3 heterocycles. The molecule has 0 unspecified atom stereocenters. The maximum atomic E-state index is 13.2. The van der Waals surface area contributed by atoms with Gasteiger partial charge in [0.25, 0.3) is 5.56 Å². The van der Waals surface area contributed by atoms with Crippen LogP contribution in [-0.2, 0) is 17.7 Å². The topological polar surface area (TPSA) is 83.0 Å². The number of aromatic nitrogens is 4. The first-order chi connectivity index (χ1) is 14.2. The van der Waals surface area contributed by atoms with Crippen LogP contribution in [0.2, 0.25) is 0 Å². The molecule has 1 aromatic carbocycles. The van der Waals surface area contributed by atoms with Gasteiger partial charge in [-0.05, 0) is 38.3 Å². The summed E-state index contributed by atoms with van der Waals surface area (Å²) in [6, 6.07) is 7.46. The van der Waals surface area contributed by atoms with Gasteiger partial charge in [0, 0.05) is 13.0 Å². The molecule has 1 aliphatic heterocycles. The summed E-state index contributed by atoms with van der Waals surface area (Å²) in [5.74, 6) is 1.30. The monoisotopic (exact) mass is 414 g/mol. The molecule has 0 spiro atoms. The molecular formula is C21H26N4O3S. The maximum absolute atomic E-state index is 13.2. The molecule has 0 amide bonds. The average Bonchev–Trinajstić information content (AvgIpc) is 3.41. The molecule has 3 aromatic rings. The van der Waals surface area contributed by atoms with Crippen LogP contribution in [-0.4, -0.2) is 32.4 Å². The van der Waals surface area contributed by atoms with Gasteiger partial charge in [0.05, 0.1) is 28.8 Å². The number of aryl methyl sites for hydroxylation is 1. The van der Waals surface area contributed by atoms with E-state index in [1.165, 1.54) is 11.8 Å². The molecule has 0 saturated carbocycles. The van der Waals surface area contributed by atoms with E-state index >= 15 is 0 Å². The van der Waals surface area contributed by atoms with Gasteiger partial charge in [-0.3, -0.25) is 9.36 Å². The minimum Gasteiger partial charge on any atom is -0.376 e. The number of thioether (sulfide) groups is 1. The Bertz CT molecular complexity index is 1030. The van der Waals surface area contributed by atoms with Crippen molar-refractivity contribution in [3.63, 3.8) is 0 Å². The van der Waals surface area contributed by atoms with Crippen LogP contribution in [0.25, 0.3) is 10.9 Å². The van der Waals surface area contributed by atoms with Crippen LogP contribution in [0, 0.1) is 0 Å². The number of fused-ring (bicyclic) bond motifs is 1. The van der Waals surface area contributed by atoms with Crippen molar-refractivity contribution in [2.45, 2.75) is 69.0 Å². The molecule has 1 aliphatic rings. The van der Waals surface area contributed by atoms with Gasteiger partial charge in [0.15, 0.2) is 11.0 Å². The quantitative estimate of drug-likeness (QED) is 0.404. The Hall–Kier alpha value is -2.19. The molecule has 0 aliphatic carbocycles. The van der Waals surface area contributed by atoms with Gasteiger partial charge in [-0.2, -0.15) is 4.98 Å². The lowest BCUT2D eigenvalue weighted by atomic mass is 10.2. The second-order valence-corrected chi connectivity index (χ2v) is 8.68. The lowest BCUT2D eigenvalue weighted by Gasteiger charge is -2.17. The van der Waals surface area contributed by atoms with Crippen LogP contribution in [0.1, 0.15) is 56.5 Å². The van der Waals surface area contributed by atoms with Crippen molar-refractivity contribution in [3.05, 3.63) is 46.3 Å². The van der Waals surface area contributed by atoms with Crippen molar-refractivity contribution in [1.82, 2.24) is 19.7 Å². The lowest BCUT2D eigenvalue weighted by Crippen LogP contribution is -2.29. The molecule has 0 bridgehead atoms. The molecule has 1 saturated heterocycles. The second kappa shape index (κ2) is 9.09. The van der Waals surface area contributed by atoms with Gasteiger partial charge < -0.3 is 9.26 Å². The van der Waals surface area contributed by atoms with Gasteiger partial charge in [0.1, 0.15) is 0 Å². The third-order valence-corrected chi connectivity index (χ3v) is 6.18. The second-order valence-electron chi connectivity index (χ2n) is 7.37. The Kier molecular flexibility index (Phi) is 6.30. The standard InChI is InChI=1S/C21H26N4O3S/c1-3-4-11-18-23-19(28-24-18)14(2)29-21-22-17-10-6-5-9-16(17)20(26)25(21)13-15-8-7-12-27-15/h5-6,9-10,14-15H,3-4,7-8,11-13H2,1-2H3/t14-,15+/m0/s1. The summed E-state index contributed by atoms with van der Waals surface area (Å²) in [5, 5.41) is 5.26. The Balaban J connectivity index is 1.64. The largest absolute Gasteiger partial charge is 0.376 e. The Morgan fingerprint density at radius 3 is 2.97 bits per heavy atom. The van der Waals surface area contributed by atoms with Crippen molar-refractivity contribution in [1.29, 1.82) is 0 Å². The Labute approximate surface area is 173 Å². The van der Waals surface area contributed by atoms with E-state index in [1.807, 2.05) is 31.2 Å². The van der Waals surface area contributed by atoms with Gasteiger partial charge in [-0.15, -0.1) is 0 Å². The van der Waals surface area contributed by atoms with Gasteiger partial charge in [-0.1, -0.05) is 42.4 Å². The molecule has 29 heavy (non-hydrogen) atoms. The van der Waals surface area contributed by atoms with E-state index in [0.717, 1.165) is 44.5 Å². The van der Waals surface area contributed by atoms with Gasteiger partial charge >= 0.3 is 0 Å². The molecule has 0 radical (unpaired) electrons. The molecule has 1 fully saturated rings. The number of ether oxygens (including phenoxy) is 1. The first-order valence-electron chi connectivity index (χ1n) is 10.3. The lowest BCUT2D eigenvalue weighted by molar-refractivity contribution is 0.0937. The van der Waals surface area contributed by atoms with Crippen molar-refractivity contribution < 1.29 is 9.26 Å². The third kappa shape index (κ3) is 4.53. The predicted molar refractivity (Wildman–Crippen MR) is 112 cm³/mol. The average molecular weight is 415 g/mol. The molecule has 2 aromatic heterocycles. The molecule has 8 heteroatoms. The van der Waals surface area contributed by atoms with E-state index in [1.54, 1.807) is 4.57 Å². The molecule has 4 rings (SSSR count). The van der Waals surface area contributed by atoms with Crippen molar-refractivity contribution in [3.8, 4) is 0 Å². The van der Waals surface area contributed by atoms with Crippen molar-refractivity contribution in [2.75, 3.05) is 6.61 Å².